The minimum Gasteiger partial charge on any atom is -0.338 e. The Balaban J connectivity index is 1.93. The summed E-state index contributed by atoms with van der Waals surface area (Å²) in [4.78, 5) is 4.41. The summed E-state index contributed by atoms with van der Waals surface area (Å²) in [7, 11) is 0. The van der Waals surface area contributed by atoms with Crippen LogP contribution in [0.4, 0.5) is 0 Å². The summed E-state index contributed by atoms with van der Waals surface area (Å²) in [5.74, 6) is 4.03. The van der Waals surface area contributed by atoms with Gasteiger partial charge in [0.25, 0.3) is 0 Å². The van der Waals surface area contributed by atoms with Gasteiger partial charge in [-0.3, -0.25) is 0 Å². The third-order valence-corrected chi connectivity index (χ3v) is 3.68. The van der Waals surface area contributed by atoms with E-state index in [-0.39, 0.29) is 5.41 Å². The van der Waals surface area contributed by atoms with Crippen LogP contribution in [-0.4, -0.2) is 30.8 Å². The zero-order chi connectivity index (χ0) is 13.1. The molecule has 0 bridgehead atoms. The third kappa shape index (κ3) is 2.10. The molecule has 0 radical (unpaired) electrons. The van der Waals surface area contributed by atoms with E-state index < -0.39 is 0 Å². The molecule has 0 saturated heterocycles. The Hall–Kier alpha value is -2.23. The first kappa shape index (κ1) is 11.8. The molecule has 1 aliphatic rings. The normalized spacial score (nSPS) is 18.1. The Bertz CT molecular complexity index is 576. The van der Waals surface area contributed by atoms with Gasteiger partial charge in [0, 0.05) is 6.42 Å². The van der Waals surface area contributed by atoms with Crippen molar-refractivity contribution in [3.8, 4) is 24.0 Å². The van der Waals surface area contributed by atoms with Crippen LogP contribution < -0.4 is 0 Å². The SMILES string of the molecule is C#CCC1(c2nc(-c3nn[nH]n3)no2)CCCCC1. The summed E-state index contributed by atoms with van der Waals surface area (Å²) in [5, 5.41) is 17.5. The quantitative estimate of drug-likeness (QED) is 0.838. The Morgan fingerprint density at radius 3 is 2.79 bits per heavy atom. The minimum atomic E-state index is -0.179. The van der Waals surface area contributed by atoms with E-state index in [1.54, 1.807) is 0 Å². The van der Waals surface area contributed by atoms with Gasteiger partial charge >= 0.3 is 0 Å². The number of hydrogen-bond acceptors (Lipinski definition) is 6. The monoisotopic (exact) mass is 258 g/mol. The van der Waals surface area contributed by atoms with Crippen LogP contribution in [0.5, 0.6) is 0 Å². The van der Waals surface area contributed by atoms with Crippen molar-refractivity contribution in [3.63, 3.8) is 0 Å². The molecule has 0 spiro atoms. The summed E-state index contributed by atoms with van der Waals surface area (Å²) < 4.78 is 5.41. The Morgan fingerprint density at radius 1 is 1.26 bits per heavy atom. The zero-order valence-corrected chi connectivity index (χ0v) is 10.5. The van der Waals surface area contributed by atoms with Gasteiger partial charge in [0.1, 0.15) is 0 Å². The molecule has 0 aliphatic heterocycles. The molecule has 7 nitrogen and oxygen atoms in total. The molecule has 2 aromatic rings. The van der Waals surface area contributed by atoms with Gasteiger partial charge in [0.05, 0.1) is 5.41 Å². The second-order valence-electron chi connectivity index (χ2n) is 4.88. The molecule has 2 heterocycles. The van der Waals surface area contributed by atoms with Gasteiger partial charge in [-0.25, -0.2) is 0 Å². The van der Waals surface area contributed by atoms with E-state index in [4.69, 9.17) is 10.9 Å². The molecule has 2 aromatic heterocycles. The third-order valence-electron chi connectivity index (χ3n) is 3.68. The lowest BCUT2D eigenvalue weighted by Gasteiger charge is -2.31. The maximum absolute atomic E-state index is 5.50. The van der Waals surface area contributed by atoms with Gasteiger partial charge in [-0.15, -0.1) is 22.5 Å². The van der Waals surface area contributed by atoms with Gasteiger partial charge in [0.15, 0.2) is 0 Å². The largest absolute Gasteiger partial charge is 0.338 e. The summed E-state index contributed by atoms with van der Waals surface area (Å²) in [6.07, 6.45) is 11.6. The average molecular weight is 258 g/mol. The van der Waals surface area contributed by atoms with Crippen LogP contribution in [-0.2, 0) is 5.41 Å². The fourth-order valence-electron chi connectivity index (χ4n) is 2.68. The topological polar surface area (TPSA) is 93.4 Å². The fraction of sp³-hybridized carbons (Fsp3) is 0.583. The van der Waals surface area contributed by atoms with Crippen LogP contribution in [0.15, 0.2) is 4.52 Å². The Labute approximate surface area is 110 Å². The zero-order valence-electron chi connectivity index (χ0n) is 10.5. The first-order valence-corrected chi connectivity index (χ1v) is 6.35. The lowest BCUT2D eigenvalue weighted by molar-refractivity contribution is 0.217. The van der Waals surface area contributed by atoms with Crippen molar-refractivity contribution in [2.45, 2.75) is 43.9 Å². The molecular weight excluding hydrogens is 244 g/mol. The molecule has 1 N–H and O–H groups in total. The molecule has 0 aromatic carbocycles. The summed E-state index contributed by atoms with van der Waals surface area (Å²) >= 11 is 0. The molecule has 1 fully saturated rings. The lowest BCUT2D eigenvalue weighted by atomic mass is 9.72. The molecule has 98 valence electrons. The van der Waals surface area contributed by atoms with Crippen LogP contribution in [0.3, 0.4) is 0 Å². The van der Waals surface area contributed by atoms with Crippen LogP contribution in [0, 0.1) is 12.3 Å². The lowest BCUT2D eigenvalue weighted by Crippen LogP contribution is -2.29. The van der Waals surface area contributed by atoms with E-state index in [0.29, 0.717) is 24.0 Å². The molecule has 1 saturated carbocycles. The second kappa shape index (κ2) is 4.80. The number of rotatable bonds is 3. The van der Waals surface area contributed by atoms with Gasteiger partial charge in [-0.2, -0.15) is 10.2 Å². The summed E-state index contributed by atoms with van der Waals surface area (Å²) in [5.41, 5.74) is -0.179. The predicted octanol–water partition coefficient (Wildman–Crippen LogP) is 1.47. The van der Waals surface area contributed by atoms with Gasteiger partial charge in [-0.1, -0.05) is 24.4 Å². The summed E-state index contributed by atoms with van der Waals surface area (Å²) in [6.45, 7) is 0. The number of aromatic amines is 1. The smallest absolute Gasteiger partial charge is 0.245 e. The molecular formula is C12H14N6O. The molecule has 7 heteroatoms. The highest BCUT2D eigenvalue weighted by atomic mass is 16.5. The summed E-state index contributed by atoms with van der Waals surface area (Å²) in [6, 6.07) is 0. The molecule has 3 rings (SSSR count). The number of nitrogens with one attached hydrogen (secondary N) is 1. The van der Waals surface area contributed by atoms with Crippen LogP contribution >= 0.6 is 0 Å². The van der Waals surface area contributed by atoms with Crippen molar-refractivity contribution in [2.24, 2.45) is 0 Å². The van der Waals surface area contributed by atoms with Gasteiger partial charge in [-0.05, 0) is 18.1 Å². The van der Waals surface area contributed by atoms with E-state index in [2.05, 4.69) is 36.7 Å². The van der Waals surface area contributed by atoms with Crippen molar-refractivity contribution in [1.29, 1.82) is 0 Å². The van der Waals surface area contributed by atoms with E-state index >= 15 is 0 Å². The number of hydrogen-bond donors (Lipinski definition) is 1. The highest BCUT2D eigenvalue weighted by molar-refractivity contribution is 5.39. The van der Waals surface area contributed by atoms with E-state index in [1.807, 2.05) is 0 Å². The van der Waals surface area contributed by atoms with Crippen molar-refractivity contribution in [2.75, 3.05) is 0 Å². The first-order valence-electron chi connectivity index (χ1n) is 6.35. The van der Waals surface area contributed by atoms with Crippen molar-refractivity contribution in [3.05, 3.63) is 5.89 Å². The van der Waals surface area contributed by atoms with Crippen molar-refractivity contribution >= 4 is 0 Å². The number of aromatic nitrogens is 6. The maximum atomic E-state index is 5.50. The maximum Gasteiger partial charge on any atom is 0.245 e. The van der Waals surface area contributed by atoms with Gasteiger partial charge in [0.2, 0.25) is 17.5 Å². The van der Waals surface area contributed by atoms with E-state index in [9.17, 15) is 0 Å². The molecule has 19 heavy (non-hydrogen) atoms. The van der Waals surface area contributed by atoms with E-state index in [1.165, 1.54) is 6.42 Å². The van der Waals surface area contributed by atoms with Crippen molar-refractivity contribution < 1.29 is 4.52 Å². The van der Waals surface area contributed by atoms with Crippen LogP contribution in [0.2, 0.25) is 0 Å². The predicted molar refractivity (Wildman–Crippen MR) is 65.7 cm³/mol. The molecule has 0 unspecified atom stereocenters. The number of tetrazole rings is 1. The minimum absolute atomic E-state index is 0.179. The fourth-order valence-corrected chi connectivity index (χ4v) is 2.68. The average Bonchev–Trinajstić information content (AvgIpc) is 3.11. The number of terminal acetylenes is 1. The molecule has 0 atom stereocenters. The first-order chi connectivity index (χ1) is 9.34. The number of nitrogens with zero attached hydrogens (tertiary/aromatic N) is 5. The standard InChI is InChI=1S/C12H14N6O/c1-2-6-12(7-4-3-5-8-12)11-13-9(16-19-11)10-14-17-18-15-10/h1H,3-8H2,(H,14,15,17,18). The van der Waals surface area contributed by atoms with Crippen molar-refractivity contribution in [1.82, 2.24) is 30.8 Å². The second-order valence-corrected chi connectivity index (χ2v) is 4.88. The Morgan fingerprint density at radius 2 is 2.11 bits per heavy atom. The van der Waals surface area contributed by atoms with E-state index in [0.717, 1.165) is 25.7 Å². The highest BCUT2D eigenvalue weighted by Crippen LogP contribution is 2.41. The van der Waals surface area contributed by atoms with Gasteiger partial charge < -0.3 is 4.52 Å². The van der Waals surface area contributed by atoms with Crippen LogP contribution in [0.1, 0.15) is 44.4 Å². The number of H-pyrrole nitrogens is 1. The molecule has 0 amide bonds. The Kier molecular flexibility index (Phi) is 2.99. The van der Waals surface area contributed by atoms with Crippen LogP contribution in [0.25, 0.3) is 11.6 Å². The highest BCUT2D eigenvalue weighted by Gasteiger charge is 2.38. The molecule has 1 aliphatic carbocycles.